The van der Waals surface area contributed by atoms with Crippen molar-refractivity contribution in [1.82, 2.24) is 9.80 Å². The molecule has 5 aliphatic rings. The van der Waals surface area contributed by atoms with Gasteiger partial charge in [0.15, 0.2) is 29.2 Å². The number of amides is 4. The quantitative estimate of drug-likeness (QED) is 0.0858. The minimum atomic E-state index is -1.38. The van der Waals surface area contributed by atoms with Gasteiger partial charge in [-0.15, -0.1) is 0 Å². The Bertz CT molecular complexity index is 2600. The Balaban J connectivity index is 0.828. The molecule has 4 aromatic carbocycles. The van der Waals surface area contributed by atoms with Crippen LogP contribution in [0.25, 0.3) is 5.57 Å². The van der Waals surface area contributed by atoms with E-state index in [-0.39, 0.29) is 53.6 Å². The van der Waals surface area contributed by atoms with E-state index in [9.17, 15) is 24.3 Å². The molecule has 17 nitrogen and oxygen atoms in total. The van der Waals surface area contributed by atoms with Gasteiger partial charge < -0.3 is 59.7 Å². The molecule has 4 atom stereocenters. The number of aliphatic hydroxyl groups is 1. The maximum absolute atomic E-state index is 14.2. The number of nitrogens with one attached hydrogen (secondary N) is 2. The number of unbranched alkanes of at least 4 members (excludes halogenated alkanes) is 2. The lowest BCUT2D eigenvalue weighted by atomic mass is 10.0. The van der Waals surface area contributed by atoms with Crippen molar-refractivity contribution in [1.29, 1.82) is 0 Å². The van der Waals surface area contributed by atoms with E-state index in [1.54, 1.807) is 73.4 Å². The number of anilines is 3. The Morgan fingerprint density at radius 3 is 2.18 bits per heavy atom. The van der Waals surface area contributed by atoms with E-state index in [4.69, 9.17) is 34.2 Å². The summed E-state index contributed by atoms with van der Waals surface area (Å²) in [5, 5.41) is 18.1. The number of hydrogen-bond acceptors (Lipinski definition) is 13. The van der Waals surface area contributed by atoms with Crippen LogP contribution in [-0.2, 0) is 16.1 Å². The molecule has 4 aliphatic heterocycles. The molecule has 1 saturated carbocycles. The fourth-order valence-electron chi connectivity index (χ4n) is 9.49. The molecule has 4 heterocycles. The number of carbonyl (C=O) groups is 4. The Morgan fingerprint density at radius 1 is 0.853 bits per heavy atom. The molecule has 1 saturated heterocycles. The van der Waals surface area contributed by atoms with Gasteiger partial charge in [-0.2, -0.15) is 0 Å². The molecular weight excluding hydrogens is 873 g/mol. The van der Waals surface area contributed by atoms with Crippen LogP contribution in [0, 0.1) is 5.41 Å². The van der Waals surface area contributed by atoms with Crippen molar-refractivity contribution in [2.24, 2.45) is 11.1 Å². The highest BCUT2D eigenvalue weighted by Gasteiger charge is 2.58. The lowest BCUT2D eigenvalue weighted by molar-refractivity contribution is -0.117. The molecule has 4 aromatic rings. The standard InChI is InChI=1S/C51H58N6O11/c1-30(52)46(58)54-34-12-8-31(9-13-34)28-68-50(62)57-40-24-45(43(65-4)22-38(40)48(60)56-29-51(16-17-51)25-41(56)49(57)61)67-19-7-5-6-18-66-44-23-39-37(21-42(44)64-3)47(59)55-27-33(20-35(55)26-53-39)32-10-14-36(63-2)15-11-32/h8-15,21-24,27,30,35,41,49,53,61H,5-7,16-20,25-26,28-29,52H2,1-4H3,(H,54,58)/t30-,35-,41-,49-/m0/s1. The van der Waals surface area contributed by atoms with Gasteiger partial charge in [-0.25, -0.2) is 9.69 Å². The predicted octanol–water partition coefficient (Wildman–Crippen LogP) is 6.78. The first kappa shape index (κ1) is 46.1. The predicted molar refractivity (Wildman–Crippen MR) is 253 cm³/mol. The van der Waals surface area contributed by atoms with Crippen LogP contribution in [0.2, 0.25) is 0 Å². The third-order valence-electron chi connectivity index (χ3n) is 13.5. The van der Waals surface area contributed by atoms with Gasteiger partial charge in [0.25, 0.3) is 11.8 Å². The maximum Gasteiger partial charge on any atom is 0.416 e. The summed E-state index contributed by atoms with van der Waals surface area (Å²) >= 11 is 0. The van der Waals surface area contributed by atoms with Gasteiger partial charge in [0, 0.05) is 37.1 Å². The summed E-state index contributed by atoms with van der Waals surface area (Å²) in [5.41, 5.74) is 10.5. The monoisotopic (exact) mass is 930 g/mol. The fraction of sp³-hybridized carbons (Fsp3) is 0.412. The van der Waals surface area contributed by atoms with E-state index in [1.807, 2.05) is 36.5 Å². The summed E-state index contributed by atoms with van der Waals surface area (Å²) in [6, 6.07) is 20.0. The second-order valence-corrected chi connectivity index (χ2v) is 18.2. The number of benzene rings is 4. The second kappa shape index (κ2) is 19.3. The summed E-state index contributed by atoms with van der Waals surface area (Å²) in [6.45, 7) is 3.20. The van der Waals surface area contributed by atoms with Crippen LogP contribution in [0.5, 0.6) is 28.7 Å². The highest BCUT2D eigenvalue weighted by molar-refractivity contribution is 6.06. The number of carbonyl (C=O) groups excluding carboxylic acids is 4. The lowest BCUT2D eigenvalue weighted by Crippen LogP contribution is -2.50. The van der Waals surface area contributed by atoms with Crippen LogP contribution in [0.15, 0.2) is 79.0 Å². The van der Waals surface area contributed by atoms with Gasteiger partial charge in [0.05, 0.1) is 75.2 Å². The van der Waals surface area contributed by atoms with E-state index in [0.29, 0.717) is 84.5 Å². The topological polar surface area (TPSA) is 204 Å². The lowest BCUT2D eigenvalue weighted by Gasteiger charge is -2.31. The van der Waals surface area contributed by atoms with Crippen molar-refractivity contribution >= 4 is 46.5 Å². The Morgan fingerprint density at radius 2 is 1.53 bits per heavy atom. The zero-order valence-electron chi connectivity index (χ0n) is 38.7. The summed E-state index contributed by atoms with van der Waals surface area (Å²) in [7, 11) is 4.68. The van der Waals surface area contributed by atoms with Gasteiger partial charge in [0.1, 0.15) is 12.4 Å². The van der Waals surface area contributed by atoms with Gasteiger partial charge in [-0.1, -0.05) is 24.3 Å². The van der Waals surface area contributed by atoms with E-state index in [1.165, 1.54) is 7.11 Å². The van der Waals surface area contributed by atoms with Gasteiger partial charge in [0.2, 0.25) is 5.91 Å². The van der Waals surface area contributed by atoms with Crippen molar-refractivity contribution in [2.75, 3.05) is 63.2 Å². The molecule has 2 fully saturated rings. The molecule has 1 aliphatic carbocycles. The highest BCUT2D eigenvalue weighted by Crippen LogP contribution is 2.57. The Hall–Kier alpha value is -6.98. The zero-order valence-corrected chi connectivity index (χ0v) is 38.7. The third-order valence-corrected chi connectivity index (χ3v) is 13.5. The average molecular weight is 931 g/mol. The fourth-order valence-corrected chi connectivity index (χ4v) is 9.49. The Labute approximate surface area is 395 Å². The Kier molecular flexibility index (Phi) is 13.1. The largest absolute Gasteiger partial charge is 0.497 e. The van der Waals surface area contributed by atoms with E-state index in [2.05, 4.69) is 10.6 Å². The van der Waals surface area contributed by atoms with Crippen LogP contribution >= 0.6 is 0 Å². The van der Waals surface area contributed by atoms with Crippen molar-refractivity contribution in [3.8, 4) is 28.7 Å². The minimum Gasteiger partial charge on any atom is -0.497 e. The molecule has 0 aromatic heterocycles. The third kappa shape index (κ3) is 9.32. The SMILES string of the molecule is COc1ccc(C2=CN3C(=O)c4cc(OC)c(OCCCCCOc5cc6c(cc5OC)C(=O)N5CC7(CC7)C[C@H]5[C@H](O)N6C(=O)OCc5ccc(NC(=O)[C@H](C)N)cc5)cc4NC[C@@H]3C2)cc1. The highest BCUT2D eigenvalue weighted by atomic mass is 16.6. The van der Waals surface area contributed by atoms with Crippen LogP contribution < -0.4 is 45.0 Å². The van der Waals surface area contributed by atoms with Crippen molar-refractivity contribution in [3.63, 3.8) is 0 Å². The van der Waals surface area contributed by atoms with E-state index in [0.717, 1.165) is 47.5 Å². The first-order valence-electron chi connectivity index (χ1n) is 23.1. The summed E-state index contributed by atoms with van der Waals surface area (Å²) in [4.78, 5) is 58.8. The van der Waals surface area contributed by atoms with Crippen LogP contribution in [-0.4, -0.2) is 111 Å². The number of nitrogens with zero attached hydrogens (tertiary/aromatic N) is 3. The molecule has 17 heteroatoms. The smallest absolute Gasteiger partial charge is 0.416 e. The van der Waals surface area contributed by atoms with Crippen LogP contribution in [0.3, 0.4) is 0 Å². The first-order chi connectivity index (χ1) is 32.9. The molecule has 5 N–H and O–H groups in total. The number of methoxy groups -OCH3 is 3. The summed E-state index contributed by atoms with van der Waals surface area (Å²) in [6.07, 6.45) is 4.99. The molecule has 68 heavy (non-hydrogen) atoms. The molecule has 9 rings (SSSR count). The normalized spacial score (nSPS) is 20.1. The number of hydrogen-bond donors (Lipinski definition) is 4. The van der Waals surface area contributed by atoms with E-state index >= 15 is 0 Å². The molecule has 0 unspecified atom stereocenters. The second-order valence-electron chi connectivity index (χ2n) is 18.2. The molecule has 358 valence electrons. The number of fused-ring (bicyclic) bond motifs is 4. The number of aliphatic hydroxyl groups excluding tert-OH is 1. The van der Waals surface area contributed by atoms with Crippen molar-refractivity contribution in [2.45, 2.75) is 82.8 Å². The average Bonchev–Trinajstić information content (AvgIpc) is 3.86. The van der Waals surface area contributed by atoms with Gasteiger partial charge in [-0.3, -0.25) is 14.4 Å². The zero-order chi connectivity index (χ0) is 47.7. The van der Waals surface area contributed by atoms with E-state index < -0.39 is 24.4 Å². The molecule has 4 amide bonds. The molecular formula is C51H58N6O11. The van der Waals surface area contributed by atoms with Crippen molar-refractivity contribution in [3.05, 3.63) is 101 Å². The maximum atomic E-state index is 14.2. The number of rotatable bonds is 16. The molecule has 0 radical (unpaired) electrons. The molecule has 0 bridgehead atoms. The van der Waals surface area contributed by atoms with Crippen molar-refractivity contribution < 1.29 is 52.7 Å². The number of ether oxygens (including phenoxy) is 6. The molecule has 1 spiro atoms. The van der Waals surface area contributed by atoms with Crippen LogP contribution in [0.4, 0.5) is 21.9 Å². The van der Waals surface area contributed by atoms with Gasteiger partial charge in [-0.05, 0) is 110 Å². The minimum absolute atomic E-state index is 0.0440. The van der Waals surface area contributed by atoms with Crippen LogP contribution in [0.1, 0.15) is 83.7 Å². The summed E-state index contributed by atoms with van der Waals surface area (Å²) in [5.74, 6) is 1.64. The first-order valence-corrected chi connectivity index (χ1v) is 23.1. The van der Waals surface area contributed by atoms with Gasteiger partial charge >= 0.3 is 6.09 Å². The summed E-state index contributed by atoms with van der Waals surface area (Å²) < 4.78 is 35.0. The number of nitrogens with two attached hydrogens (primary N) is 1.